The van der Waals surface area contributed by atoms with E-state index in [9.17, 15) is 9.90 Å². The minimum atomic E-state index is -0.923. The molecule has 1 aromatic carbocycles. The number of nitrogens with one attached hydrogen (secondary N) is 1. The normalized spacial score (nSPS) is 12.2. The first kappa shape index (κ1) is 28.8. The molecule has 0 spiro atoms. The summed E-state index contributed by atoms with van der Waals surface area (Å²) in [4.78, 5) is 27.3. The van der Waals surface area contributed by atoms with Gasteiger partial charge in [-0.15, -0.1) is 0 Å². The van der Waals surface area contributed by atoms with Crippen molar-refractivity contribution in [1.29, 1.82) is 0 Å². The molecule has 1 atom stereocenters. The number of amides is 1. The number of carbonyl (C=O) groups excluding carboxylic acids is 1. The van der Waals surface area contributed by atoms with Crippen molar-refractivity contribution in [3.05, 3.63) is 58.8 Å². The average molecular weight is 500 g/mol. The standard InChI is InChI=1S/C26H37N5O5/c1-7-19-11-20(9-16(3)24(19)35-15-22(33)13-28-23(34)14-32)18(5)30-26(36-27)21-10-17(4)25(29-12-21)31(6)8-2/h9-12,22,32-33H,5,7-8,13-15,27H2,1-4,6H3,(H,28,34)/t22-/m0/s1. The molecule has 0 radical (unpaired) electrons. The highest BCUT2D eigenvalue weighted by atomic mass is 16.6. The molecule has 0 saturated carbocycles. The van der Waals surface area contributed by atoms with Gasteiger partial charge in [0.1, 0.15) is 30.9 Å². The number of anilines is 1. The Bertz CT molecular complexity index is 1100. The second kappa shape index (κ2) is 13.6. The molecule has 36 heavy (non-hydrogen) atoms. The number of rotatable bonds is 12. The van der Waals surface area contributed by atoms with E-state index in [1.807, 2.05) is 50.9 Å². The summed E-state index contributed by atoms with van der Waals surface area (Å²) in [5.41, 5.74) is 4.59. The van der Waals surface area contributed by atoms with Crippen LogP contribution in [0.3, 0.4) is 0 Å². The van der Waals surface area contributed by atoms with Crippen LogP contribution in [-0.4, -0.2) is 66.5 Å². The van der Waals surface area contributed by atoms with Crippen molar-refractivity contribution in [3.8, 4) is 5.75 Å². The molecule has 10 heteroatoms. The summed E-state index contributed by atoms with van der Waals surface area (Å²) in [5.74, 6) is 6.71. The minimum absolute atomic E-state index is 0.0152. The Morgan fingerprint density at radius 1 is 1.25 bits per heavy atom. The fourth-order valence-electron chi connectivity index (χ4n) is 3.59. The molecular formula is C26H37N5O5. The first-order chi connectivity index (χ1) is 17.1. The van der Waals surface area contributed by atoms with Crippen molar-refractivity contribution in [2.75, 3.05) is 38.3 Å². The number of nitrogens with two attached hydrogens (primary N) is 1. The Kier molecular flexibility index (Phi) is 10.8. The molecule has 196 valence electrons. The van der Waals surface area contributed by atoms with Crippen molar-refractivity contribution in [3.63, 3.8) is 0 Å². The van der Waals surface area contributed by atoms with Crippen molar-refractivity contribution < 1.29 is 24.6 Å². The first-order valence-electron chi connectivity index (χ1n) is 11.8. The largest absolute Gasteiger partial charge is 0.490 e. The second-order valence-electron chi connectivity index (χ2n) is 8.42. The van der Waals surface area contributed by atoms with Gasteiger partial charge in [0.05, 0.1) is 11.3 Å². The van der Waals surface area contributed by atoms with Crippen LogP contribution in [0.1, 0.15) is 41.7 Å². The maximum Gasteiger partial charge on any atom is 0.246 e. The van der Waals surface area contributed by atoms with E-state index in [4.69, 9.17) is 20.6 Å². The van der Waals surface area contributed by atoms with Crippen LogP contribution in [0.15, 0.2) is 36.0 Å². The predicted octanol–water partition coefficient (Wildman–Crippen LogP) is 1.87. The molecule has 0 aliphatic rings. The quantitative estimate of drug-likeness (QED) is 0.197. The van der Waals surface area contributed by atoms with E-state index in [0.717, 1.165) is 34.6 Å². The number of hydrogen-bond donors (Lipinski definition) is 4. The molecule has 10 nitrogen and oxygen atoms in total. The Balaban J connectivity index is 2.23. The van der Waals surface area contributed by atoms with Gasteiger partial charge >= 0.3 is 0 Å². The van der Waals surface area contributed by atoms with Crippen LogP contribution in [0.4, 0.5) is 5.82 Å². The van der Waals surface area contributed by atoms with Crippen LogP contribution in [0.5, 0.6) is 5.75 Å². The van der Waals surface area contributed by atoms with E-state index in [1.54, 1.807) is 6.20 Å². The molecule has 0 unspecified atom stereocenters. The molecule has 2 aromatic rings. The van der Waals surface area contributed by atoms with Crippen molar-refractivity contribution in [2.45, 2.75) is 40.2 Å². The topological polar surface area (TPSA) is 143 Å². The molecule has 0 aliphatic carbocycles. The second-order valence-corrected chi connectivity index (χ2v) is 8.42. The molecule has 1 heterocycles. The van der Waals surface area contributed by atoms with Crippen LogP contribution < -0.4 is 20.9 Å². The Morgan fingerprint density at radius 3 is 2.53 bits per heavy atom. The summed E-state index contributed by atoms with van der Waals surface area (Å²) in [6.07, 6.45) is 1.42. The highest BCUT2D eigenvalue weighted by molar-refractivity contribution is 5.97. The Morgan fingerprint density at radius 2 is 1.94 bits per heavy atom. The molecule has 0 aliphatic heterocycles. The average Bonchev–Trinajstić information content (AvgIpc) is 2.88. The third-order valence-corrected chi connectivity index (χ3v) is 5.65. The third kappa shape index (κ3) is 7.51. The number of ether oxygens (including phenoxy) is 1. The SMILES string of the molecule is C=C(N=C(ON)c1cnc(N(C)CC)c(C)c1)c1cc(C)c(OC[C@@H](O)CNC(=O)CO)c(CC)c1. The van der Waals surface area contributed by atoms with E-state index in [2.05, 4.69) is 28.8 Å². The fraction of sp³-hybridized carbons (Fsp3) is 0.423. The molecule has 1 amide bonds. The molecule has 1 aromatic heterocycles. The summed E-state index contributed by atoms with van der Waals surface area (Å²) in [6, 6.07) is 5.73. The van der Waals surface area contributed by atoms with E-state index in [-0.39, 0.29) is 19.0 Å². The number of hydrogen-bond acceptors (Lipinski definition) is 9. The number of aliphatic hydroxyl groups is 2. The van der Waals surface area contributed by atoms with Gasteiger partial charge in [-0.05, 0) is 62.1 Å². The van der Waals surface area contributed by atoms with Crippen molar-refractivity contribution >= 4 is 23.3 Å². The summed E-state index contributed by atoms with van der Waals surface area (Å²) >= 11 is 0. The lowest BCUT2D eigenvalue weighted by atomic mass is 10.0. The zero-order valence-corrected chi connectivity index (χ0v) is 21.7. The van der Waals surface area contributed by atoms with E-state index in [1.165, 1.54) is 0 Å². The number of aromatic nitrogens is 1. The van der Waals surface area contributed by atoms with Gasteiger partial charge in [0, 0.05) is 31.9 Å². The summed E-state index contributed by atoms with van der Waals surface area (Å²) in [5, 5.41) is 21.3. The lowest BCUT2D eigenvalue weighted by Gasteiger charge is -2.19. The fourth-order valence-corrected chi connectivity index (χ4v) is 3.59. The van der Waals surface area contributed by atoms with Crippen molar-refractivity contribution in [1.82, 2.24) is 10.3 Å². The van der Waals surface area contributed by atoms with Gasteiger partial charge in [0.2, 0.25) is 11.8 Å². The number of nitrogens with zero attached hydrogens (tertiary/aromatic N) is 3. The van der Waals surface area contributed by atoms with Crippen LogP contribution in [0, 0.1) is 13.8 Å². The number of aliphatic hydroxyl groups excluding tert-OH is 2. The molecular weight excluding hydrogens is 462 g/mol. The van der Waals surface area contributed by atoms with Crippen LogP contribution in [0.2, 0.25) is 0 Å². The third-order valence-electron chi connectivity index (χ3n) is 5.65. The molecule has 0 bridgehead atoms. The molecule has 0 saturated heterocycles. The number of carbonyl (C=O) groups is 1. The van der Waals surface area contributed by atoms with Gasteiger partial charge in [-0.3, -0.25) is 4.79 Å². The monoisotopic (exact) mass is 499 g/mol. The lowest BCUT2D eigenvalue weighted by Crippen LogP contribution is -2.36. The smallest absolute Gasteiger partial charge is 0.246 e. The lowest BCUT2D eigenvalue weighted by molar-refractivity contribution is -0.124. The Hall–Kier alpha value is -3.47. The van der Waals surface area contributed by atoms with Crippen LogP contribution >= 0.6 is 0 Å². The number of benzene rings is 1. The highest BCUT2D eigenvalue weighted by Gasteiger charge is 2.15. The maximum absolute atomic E-state index is 11.2. The Labute approximate surface area is 212 Å². The maximum atomic E-state index is 11.2. The van der Waals surface area contributed by atoms with Crippen LogP contribution in [0.25, 0.3) is 5.70 Å². The van der Waals surface area contributed by atoms with E-state index < -0.39 is 18.6 Å². The summed E-state index contributed by atoms with van der Waals surface area (Å²) in [7, 11) is 1.97. The predicted molar refractivity (Wildman–Crippen MR) is 141 cm³/mol. The van der Waals surface area contributed by atoms with Gasteiger partial charge in [0.25, 0.3) is 0 Å². The van der Waals surface area contributed by atoms with Crippen LogP contribution in [-0.2, 0) is 16.1 Å². The zero-order valence-electron chi connectivity index (χ0n) is 21.7. The van der Waals surface area contributed by atoms with E-state index >= 15 is 0 Å². The minimum Gasteiger partial charge on any atom is -0.490 e. The number of aryl methyl sites for hydroxylation is 3. The zero-order chi connectivity index (χ0) is 26.8. The summed E-state index contributed by atoms with van der Waals surface area (Å²) < 4.78 is 5.86. The molecule has 2 rings (SSSR count). The van der Waals surface area contributed by atoms with E-state index in [0.29, 0.717) is 23.4 Å². The molecule has 0 fully saturated rings. The van der Waals surface area contributed by atoms with Gasteiger partial charge in [-0.1, -0.05) is 13.5 Å². The van der Waals surface area contributed by atoms with Gasteiger partial charge in [0.15, 0.2) is 0 Å². The van der Waals surface area contributed by atoms with Gasteiger partial charge in [-0.2, -0.15) is 5.90 Å². The highest BCUT2D eigenvalue weighted by Crippen LogP contribution is 2.30. The van der Waals surface area contributed by atoms with Gasteiger partial charge < -0.3 is 30.0 Å². The van der Waals surface area contributed by atoms with Crippen molar-refractivity contribution in [2.24, 2.45) is 10.9 Å². The summed E-state index contributed by atoms with van der Waals surface area (Å²) in [6.45, 7) is 12.2. The molecule has 5 N–H and O–H groups in total. The number of pyridine rings is 1. The van der Waals surface area contributed by atoms with Gasteiger partial charge in [-0.25, -0.2) is 9.98 Å². The number of aliphatic imine (C=N–C) groups is 1. The first-order valence-corrected chi connectivity index (χ1v) is 11.8.